The van der Waals surface area contributed by atoms with E-state index in [2.05, 4.69) is 15.3 Å². The molecule has 3 aromatic carbocycles. The molecular formula is C32H36F2N4O5S. The van der Waals surface area contributed by atoms with Crippen molar-refractivity contribution in [1.82, 2.24) is 15.3 Å². The van der Waals surface area contributed by atoms with Gasteiger partial charge in [0.1, 0.15) is 29.5 Å². The molecule has 2 saturated heterocycles. The summed E-state index contributed by atoms with van der Waals surface area (Å²) in [7, 11) is -3.29. The molecule has 0 aliphatic carbocycles. The van der Waals surface area contributed by atoms with Crippen LogP contribution in [0, 0.1) is 11.6 Å². The number of β-amino-alcohol motifs (C(OH)–C–C–N with tert-alkyl or cyclic N) is 1. The molecule has 2 aliphatic rings. The number of aromatic hydroxyl groups is 1. The monoisotopic (exact) mass is 626 g/mol. The summed E-state index contributed by atoms with van der Waals surface area (Å²) in [6.45, 7) is 6.25. The maximum atomic E-state index is 16.7. The van der Waals surface area contributed by atoms with E-state index in [9.17, 15) is 23.0 Å². The molecule has 0 spiro atoms. The van der Waals surface area contributed by atoms with Crippen LogP contribution in [-0.4, -0.2) is 77.5 Å². The highest BCUT2D eigenvalue weighted by atomic mass is 32.2. The molecular weight excluding hydrogens is 590 g/mol. The molecule has 0 saturated carbocycles. The Morgan fingerprint density at radius 1 is 1.16 bits per heavy atom. The predicted molar refractivity (Wildman–Crippen MR) is 166 cm³/mol. The number of sulfone groups is 1. The van der Waals surface area contributed by atoms with Crippen molar-refractivity contribution >= 4 is 37.3 Å². The summed E-state index contributed by atoms with van der Waals surface area (Å²) in [5.41, 5.74) is -0.176. The zero-order valence-electron chi connectivity index (χ0n) is 24.9. The molecule has 44 heavy (non-hydrogen) atoms. The van der Waals surface area contributed by atoms with E-state index in [4.69, 9.17) is 4.74 Å². The molecule has 12 heteroatoms. The Kier molecular flexibility index (Phi) is 7.87. The number of aromatic nitrogens is 2. The summed E-state index contributed by atoms with van der Waals surface area (Å²) in [6, 6.07) is 8.45. The van der Waals surface area contributed by atoms with Gasteiger partial charge in [-0.1, -0.05) is 19.1 Å². The van der Waals surface area contributed by atoms with Crippen LogP contribution in [-0.2, 0) is 16.3 Å². The fourth-order valence-electron chi connectivity index (χ4n) is 6.45. The number of rotatable bonds is 6. The van der Waals surface area contributed by atoms with Crippen LogP contribution in [0.3, 0.4) is 0 Å². The van der Waals surface area contributed by atoms with Crippen molar-refractivity contribution in [3.05, 3.63) is 53.6 Å². The Bertz CT molecular complexity index is 1870. The number of ether oxygens (including phenoxy) is 1. The third-order valence-corrected chi connectivity index (χ3v) is 11.1. The van der Waals surface area contributed by atoms with E-state index < -0.39 is 38.4 Å². The maximum Gasteiger partial charge on any atom is 0.319 e. The van der Waals surface area contributed by atoms with E-state index in [1.165, 1.54) is 18.2 Å². The van der Waals surface area contributed by atoms with E-state index in [0.29, 0.717) is 65.5 Å². The lowest BCUT2D eigenvalue weighted by Gasteiger charge is -2.38. The van der Waals surface area contributed by atoms with Gasteiger partial charge in [0.05, 0.1) is 22.6 Å². The number of phenols is 1. The largest absolute Gasteiger partial charge is 0.508 e. The lowest BCUT2D eigenvalue weighted by Crippen LogP contribution is -2.53. The second-order valence-corrected chi connectivity index (χ2v) is 14.6. The normalized spacial score (nSPS) is 23.7. The van der Waals surface area contributed by atoms with E-state index in [-0.39, 0.29) is 41.7 Å². The number of nitrogens with zero attached hydrogens (tertiary/aromatic N) is 3. The van der Waals surface area contributed by atoms with Crippen molar-refractivity contribution in [1.29, 1.82) is 0 Å². The summed E-state index contributed by atoms with van der Waals surface area (Å²) in [6.07, 6.45) is 1.66. The van der Waals surface area contributed by atoms with Crippen LogP contribution in [0.15, 0.2) is 36.4 Å². The number of aliphatic hydroxyl groups is 1. The minimum Gasteiger partial charge on any atom is -0.508 e. The Hall–Kier alpha value is -3.61. The Labute approximate surface area is 254 Å². The first-order chi connectivity index (χ1) is 20.9. The Balaban J connectivity index is 1.51. The van der Waals surface area contributed by atoms with Gasteiger partial charge < -0.3 is 25.2 Å². The molecule has 2 aliphatic heterocycles. The molecule has 9 nitrogen and oxygen atoms in total. The van der Waals surface area contributed by atoms with E-state index in [1.54, 1.807) is 32.0 Å². The highest BCUT2D eigenvalue weighted by Gasteiger charge is 2.35. The van der Waals surface area contributed by atoms with Gasteiger partial charge >= 0.3 is 6.01 Å². The average Bonchev–Trinajstić information content (AvgIpc) is 2.97. The van der Waals surface area contributed by atoms with Gasteiger partial charge in [-0.15, -0.1) is 0 Å². The summed E-state index contributed by atoms with van der Waals surface area (Å²) in [4.78, 5) is 11.0. The SMILES string of the molecule is CCc1c(F)ccc2cc(O)cc(-c3ccc4c(N5CCC[C@@](C)(O)C5)nc(OCC5NCCS(=O)(=O)C5C)nc4c3F)c12. The smallest absolute Gasteiger partial charge is 0.319 e. The minimum atomic E-state index is -3.29. The van der Waals surface area contributed by atoms with Crippen LogP contribution >= 0.6 is 0 Å². The van der Waals surface area contributed by atoms with Gasteiger partial charge in [-0.3, -0.25) is 0 Å². The number of nitrogens with one attached hydrogen (secondary N) is 1. The number of phenolic OH excluding ortho intramolecular Hbond substituents is 1. The number of fused-ring (bicyclic) bond motifs is 2. The lowest BCUT2D eigenvalue weighted by molar-refractivity contribution is 0.0447. The first kappa shape index (κ1) is 30.4. The summed E-state index contributed by atoms with van der Waals surface area (Å²) >= 11 is 0. The number of benzene rings is 3. The van der Waals surface area contributed by atoms with E-state index in [1.807, 2.05) is 11.8 Å². The quantitative estimate of drug-likeness (QED) is 0.284. The highest BCUT2D eigenvalue weighted by Crippen LogP contribution is 2.40. The molecule has 4 aromatic rings. The van der Waals surface area contributed by atoms with Crippen molar-refractivity contribution in [3.8, 4) is 22.9 Å². The third kappa shape index (κ3) is 5.54. The van der Waals surface area contributed by atoms with Crippen molar-refractivity contribution in [2.75, 3.05) is 36.9 Å². The fourth-order valence-corrected chi connectivity index (χ4v) is 7.90. The molecule has 3 atom stereocenters. The van der Waals surface area contributed by atoms with Gasteiger partial charge in [0.2, 0.25) is 0 Å². The summed E-state index contributed by atoms with van der Waals surface area (Å²) in [5.74, 6) is -0.790. The fraction of sp³-hybridized carbons (Fsp3) is 0.438. The predicted octanol–water partition coefficient (Wildman–Crippen LogP) is 4.50. The van der Waals surface area contributed by atoms with Crippen molar-refractivity contribution in [3.63, 3.8) is 0 Å². The van der Waals surface area contributed by atoms with Crippen molar-refractivity contribution < 1.29 is 32.1 Å². The molecule has 234 valence electrons. The Morgan fingerprint density at radius 2 is 1.95 bits per heavy atom. The van der Waals surface area contributed by atoms with Crippen molar-refractivity contribution in [2.45, 2.75) is 56.9 Å². The van der Waals surface area contributed by atoms with Crippen LogP contribution in [0.25, 0.3) is 32.8 Å². The van der Waals surface area contributed by atoms with Gasteiger partial charge in [0, 0.05) is 30.6 Å². The third-order valence-electron chi connectivity index (χ3n) is 8.86. The van der Waals surface area contributed by atoms with E-state index >= 15 is 4.39 Å². The van der Waals surface area contributed by atoms with Crippen molar-refractivity contribution in [2.24, 2.45) is 0 Å². The molecule has 1 aromatic heterocycles. The Morgan fingerprint density at radius 3 is 2.70 bits per heavy atom. The molecule has 0 amide bonds. The number of hydrogen-bond donors (Lipinski definition) is 3. The maximum absolute atomic E-state index is 16.7. The van der Waals surface area contributed by atoms with Gasteiger partial charge in [-0.05, 0) is 79.3 Å². The molecule has 3 heterocycles. The van der Waals surface area contributed by atoms with Gasteiger partial charge in [0.25, 0.3) is 0 Å². The number of aryl methyl sites for hydroxylation is 1. The standard InChI is InChI=1S/C32H36F2N4O5S/c1-4-21-25(33)9-6-19-14-20(39)15-24(27(19)21)22-7-8-23-29(28(22)34)36-31(37-30(23)38-12-5-10-32(3,40)17-38)43-16-26-18(2)44(41,42)13-11-35-26/h6-9,14-15,18,26,35,39-40H,4-5,10-13,16-17H2,1-3H3/t18?,26?,32-/m1/s1. The molecule has 0 bridgehead atoms. The number of halogens is 2. The minimum absolute atomic E-state index is 0.0392. The average molecular weight is 627 g/mol. The van der Waals surface area contributed by atoms with E-state index in [0.717, 1.165) is 0 Å². The molecule has 6 rings (SSSR count). The van der Waals surface area contributed by atoms with Crippen LogP contribution in [0.5, 0.6) is 11.8 Å². The number of hydrogen-bond acceptors (Lipinski definition) is 9. The lowest BCUT2D eigenvalue weighted by atomic mass is 9.92. The van der Waals surface area contributed by atoms with Crippen LogP contribution in [0.1, 0.15) is 39.2 Å². The number of anilines is 1. The summed E-state index contributed by atoms with van der Waals surface area (Å²) in [5, 5.41) is 25.3. The van der Waals surface area contributed by atoms with Crippen LogP contribution in [0.2, 0.25) is 0 Å². The molecule has 0 radical (unpaired) electrons. The molecule has 2 fully saturated rings. The second kappa shape index (κ2) is 11.4. The first-order valence-corrected chi connectivity index (χ1v) is 16.6. The zero-order valence-corrected chi connectivity index (χ0v) is 25.7. The van der Waals surface area contributed by atoms with Gasteiger partial charge in [0.15, 0.2) is 15.7 Å². The number of piperidine rings is 1. The molecule has 2 unspecified atom stereocenters. The van der Waals surface area contributed by atoms with Gasteiger partial charge in [-0.25, -0.2) is 17.2 Å². The van der Waals surface area contributed by atoms with Crippen LogP contribution in [0.4, 0.5) is 14.6 Å². The molecule has 3 N–H and O–H groups in total. The van der Waals surface area contributed by atoms with Crippen LogP contribution < -0.4 is 15.0 Å². The first-order valence-electron chi connectivity index (χ1n) is 14.9. The topological polar surface area (TPSA) is 125 Å². The zero-order chi connectivity index (χ0) is 31.4. The second-order valence-electron chi connectivity index (χ2n) is 12.1. The summed E-state index contributed by atoms with van der Waals surface area (Å²) < 4.78 is 62.5. The highest BCUT2D eigenvalue weighted by molar-refractivity contribution is 7.92. The van der Waals surface area contributed by atoms with Gasteiger partial charge in [-0.2, -0.15) is 9.97 Å².